The van der Waals surface area contributed by atoms with Crippen LogP contribution in [0.25, 0.3) is 0 Å². The van der Waals surface area contributed by atoms with Gasteiger partial charge >= 0.3 is 0 Å². The molecule has 0 saturated heterocycles. The number of aliphatic hydroxyl groups is 1. The van der Waals surface area contributed by atoms with Crippen LogP contribution in [0.5, 0.6) is 0 Å². The summed E-state index contributed by atoms with van der Waals surface area (Å²) in [6.07, 6.45) is 0. The highest BCUT2D eigenvalue weighted by molar-refractivity contribution is 5.94. The molecular weight excluding hydrogens is 233 g/mol. The molecule has 18 heavy (non-hydrogen) atoms. The third-order valence-electron chi connectivity index (χ3n) is 3.18. The van der Waals surface area contributed by atoms with Gasteiger partial charge in [0.05, 0.1) is 12.5 Å². The van der Waals surface area contributed by atoms with E-state index in [1.165, 1.54) is 11.0 Å². The van der Waals surface area contributed by atoms with Gasteiger partial charge in [-0.2, -0.15) is 0 Å². The Morgan fingerprint density at radius 2 is 2.06 bits per heavy atom. The largest absolute Gasteiger partial charge is 0.396 e. The zero-order chi connectivity index (χ0) is 13.9. The summed E-state index contributed by atoms with van der Waals surface area (Å²) in [7, 11) is 1.64. The molecule has 0 fully saturated rings. The van der Waals surface area contributed by atoms with E-state index in [0.29, 0.717) is 11.3 Å². The Kier molecular flexibility index (Phi) is 4.84. The first-order valence-corrected chi connectivity index (χ1v) is 6.03. The fourth-order valence-electron chi connectivity index (χ4n) is 1.79. The van der Waals surface area contributed by atoms with Gasteiger partial charge in [0.25, 0.3) is 0 Å². The summed E-state index contributed by atoms with van der Waals surface area (Å²) < 4.78 is 13.2. The van der Waals surface area contributed by atoms with Gasteiger partial charge in [0.2, 0.25) is 5.91 Å². The van der Waals surface area contributed by atoms with Crippen LogP contribution < -0.4 is 4.90 Å². The number of rotatable bonds is 4. The first kappa shape index (κ1) is 14.6. The van der Waals surface area contributed by atoms with E-state index >= 15 is 0 Å². The highest BCUT2D eigenvalue weighted by Crippen LogP contribution is 2.21. The molecule has 0 aliphatic heterocycles. The molecule has 3 nitrogen and oxygen atoms in total. The predicted molar refractivity (Wildman–Crippen MR) is 70.0 cm³/mol. The molecule has 0 aromatic heterocycles. The van der Waals surface area contributed by atoms with Gasteiger partial charge in [0, 0.05) is 12.7 Å². The van der Waals surface area contributed by atoms with E-state index in [2.05, 4.69) is 0 Å². The maximum Gasteiger partial charge on any atom is 0.232 e. The molecule has 1 aromatic carbocycles. The SMILES string of the molecule is Cc1cc(N(C)C(=O)C(CO)C(C)C)ccc1F. The van der Waals surface area contributed by atoms with Gasteiger partial charge in [-0.1, -0.05) is 13.8 Å². The van der Waals surface area contributed by atoms with Gasteiger partial charge in [-0.3, -0.25) is 4.79 Å². The first-order valence-electron chi connectivity index (χ1n) is 6.03. The number of carbonyl (C=O) groups excluding carboxylic acids is 1. The molecule has 0 spiro atoms. The monoisotopic (exact) mass is 253 g/mol. The third-order valence-corrected chi connectivity index (χ3v) is 3.18. The van der Waals surface area contributed by atoms with Crippen LogP contribution in [0.15, 0.2) is 18.2 Å². The number of hydrogen-bond acceptors (Lipinski definition) is 2. The minimum atomic E-state index is -0.430. The summed E-state index contributed by atoms with van der Waals surface area (Å²) in [4.78, 5) is 13.7. The van der Waals surface area contributed by atoms with Crippen LogP contribution in [0.4, 0.5) is 10.1 Å². The van der Waals surface area contributed by atoms with Crippen molar-refractivity contribution in [2.24, 2.45) is 11.8 Å². The van der Waals surface area contributed by atoms with E-state index in [1.807, 2.05) is 13.8 Å². The first-order chi connectivity index (χ1) is 8.38. The number of aryl methyl sites for hydroxylation is 1. The van der Waals surface area contributed by atoms with Crippen molar-refractivity contribution in [2.45, 2.75) is 20.8 Å². The number of hydrogen-bond donors (Lipinski definition) is 1. The summed E-state index contributed by atoms with van der Waals surface area (Å²) in [6, 6.07) is 4.54. The Labute approximate surface area is 107 Å². The average molecular weight is 253 g/mol. The number of carbonyl (C=O) groups is 1. The summed E-state index contributed by atoms with van der Waals surface area (Å²) >= 11 is 0. The van der Waals surface area contributed by atoms with E-state index in [9.17, 15) is 14.3 Å². The summed E-state index contributed by atoms with van der Waals surface area (Å²) in [5.41, 5.74) is 1.13. The van der Waals surface area contributed by atoms with E-state index < -0.39 is 5.92 Å². The standard InChI is InChI=1S/C14H20FNO2/c1-9(2)12(8-17)14(18)16(4)11-5-6-13(15)10(3)7-11/h5-7,9,12,17H,8H2,1-4H3. The van der Waals surface area contributed by atoms with Gasteiger partial charge in [-0.15, -0.1) is 0 Å². The molecule has 0 heterocycles. The van der Waals surface area contributed by atoms with Crippen molar-refractivity contribution in [2.75, 3.05) is 18.6 Å². The van der Waals surface area contributed by atoms with Crippen LogP contribution in [-0.2, 0) is 4.79 Å². The third kappa shape index (κ3) is 3.07. The maximum absolute atomic E-state index is 13.2. The number of aliphatic hydroxyl groups excluding tert-OH is 1. The van der Waals surface area contributed by atoms with Crippen LogP contribution in [0, 0.1) is 24.6 Å². The van der Waals surface area contributed by atoms with Crippen LogP contribution >= 0.6 is 0 Å². The number of halogens is 1. The maximum atomic E-state index is 13.2. The van der Waals surface area contributed by atoms with Gasteiger partial charge < -0.3 is 10.0 Å². The molecule has 0 bridgehead atoms. The minimum Gasteiger partial charge on any atom is -0.396 e. The lowest BCUT2D eigenvalue weighted by Gasteiger charge is -2.25. The zero-order valence-electron chi connectivity index (χ0n) is 11.3. The molecule has 1 atom stereocenters. The smallest absolute Gasteiger partial charge is 0.232 e. The van der Waals surface area contributed by atoms with Crippen LogP contribution in [0.3, 0.4) is 0 Å². The fourth-order valence-corrected chi connectivity index (χ4v) is 1.79. The second kappa shape index (κ2) is 5.96. The van der Waals surface area contributed by atoms with Gasteiger partial charge in [-0.05, 0) is 36.6 Å². The second-order valence-electron chi connectivity index (χ2n) is 4.86. The molecule has 100 valence electrons. The quantitative estimate of drug-likeness (QED) is 0.895. The lowest BCUT2D eigenvalue weighted by molar-refractivity contribution is -0.124. The summed E-state index contributed by atoms with van der Waals surface area (Å²) in [5, 5.41) is 9.25. The molecule has 1 aromatic rings. The van der Waals surface area contributed by atoms with Crippen molar-refractivity contribution in [1.82, 2.24) is 0 Å². The molecule has 0 radical (unpaired) electrons. The van der Waals surface area contributed by atoms with E-state index in [1.54, 1.807) is 26.1 Å². The molecule has 1 unspecified atom stereocenters. The van der Waals surface area contributed by atoms with E-state index in [-0.39, 0.29) is 24.2 Å². The summed E-state index contributed by atoms with van der Waals surface area (Å²) in [6.45, 7) is 5.26. The van der Waals surface area contributed by atoms with Crippen LogP contribution in [0.2, 0.25) is 0 Å². The van der Waals surface area contributed by atoms with E-state index in [0.717, 1.165) is 0 Å². The number of anilines is 1. The van der Waals surface area contributed by atoms with Crippen molar-refractivity contribution >= 4 is 11.6 Å². The number of nitrogens with zero attached hydrogens (tertiary/aromatic N) is 1. The predicted octanol–water partition coefficient (Wildman–Crippen LogP) is 2.36. The van der Waals surface area contributed by atoms with Crippen molar-refractivity contribution < 1.29 is 14.3 Å². The Bertz CT molecular complexity index is 432. The molecule has 0 aliphatic rings. The second-order valence-corrected chi connectivity index (χ2v) is 4.86. The molecule has 0 aliphatic carbocycles. The lowest BCUT2D eigenvalue weighted by atomic mass is 9.95. The molecule has 1 rings (SSSR count). The molecule has 1 amide bonds. The molecule has 1 N–H and O–H groups in total. The van der Waals surface area contributed by atoms with Crippen molar-refractivity contribution in [1.29, 1.82) is 0 Å². The number of amides is 1. The molecule has 0 saturated carbocycles. The van der Waals surface area contributed by atoms with Crippen molar-refractivity contribution in [3.8, 4) is 0 Å². The topological polar surface area (TPSA) is 40.5 Å². The summed E-state index contributed by atoms with van der Waals surface area (Å²) in [5.74, 6) is -0.812. The van der Waals surface area contributed by atoms with Crippen molar-refractivity contribution in [3.63, 3.8) is 0 Å². The van der Waals surface area contributed by atoms with Gasteiger partial charge in [0.15, 0.2) is 0 Å². The highest BCUT2D eigenvalue weighted by atomic mass is 19.1. The minimum absolute atomic E-state index is 0.0616. The van der Waals surface area contributed by atoms with Crippen LogP contribution in [-0.4, -0.2) is 24.7 Å². The average Bonchev–Trinajstić information content (AvgIpc) is 2.32. The van der Waals surface area contributed by atoms with Crippen LogP contribution in [0.1, 0.15) is 19.4 Å². The van der Waals surface area contributed by atoms with Gasteiger partial charge in [-0.25, -0.2) is 4.39 Å². The number of benzene rings is 1. The molecule has 4 heteroatoms. The lowest BCUT2D eigenvalue weighted by Crippen LogP contribution is -2.37. The fraction of sp³-hybridized carbons (Fsp3) is 0.500. The Morgan fingerprint density at radius 3 is 2.50 bits per heavy atom. The van der Waals surface area contributed by atoms with Gasteiger partial charge in [0.1, 0.15) is 5.82 Å². The Hall–Kier alpha value is -1.42. The Balaban J connectivity index is 2.95. The highest BCUT2D eigenvalue weighted by Gasteiger charge is 2.25. The Morgan fingerprint density at radius 1 is 1.44 bits per heavy atom. The van der Waals surface area contributed by atoms with Crippen molar-refractivity contribution in [3.05, 3.63) is 29.6 Å². The molecular formula is C14H20FNO2. The zero-order valence-corrected chi connectivity index (χ0v) is 11.3. The van der Waals surface area contributed by atoms with E-state index in [4.69, 9.17) is 0 Å². The normalized spacial score (nSPS) is 12.6.